The molecule has 1 amide bonds. The highest BCUT2D eigenvalue weighted by molar-refractivity contribution is 7.11. The van der Waals surface area contributed by atoms with Crippen LogP contribution in [-0.4, -0.2) is 20.3 Å². The van der Waals surface area contributed by atoms with Gasteiger partial charge in [-0.2, -0.15) is 5.10 Å². The molecule has 0 radical (unpaired) electrons. The van der Waals surface area contributed by atoms with Crippen LogP contribution < -0.4 is 5.32 Å². The second-order valence-corrected chi connectivity index (χ2v) is 6.16. The lowest BCUT2D eigenvalue weighted by Crippen LogP contribution is -2.23. The molecule has 0 unspecified atom stereocenters. The summed E-state index contributed by atoms with van der Waals surface area (Å²) in [5.74, 6) is 0.651. The molecule has 0 aromatic carbocycles. The van der Waals surface area contributed by atoms with Gasteiger partial charge in [-0.25, -0.2) is 0 Å². The second-order valence-electron chi connectivity index (χ2n) is 4.79. The number of hydrogen-bond acceptors (Lipinski definition) is 3. The monoisotopic (exact) mass is 300 g/mol. The molecule has 21 heavy (non-hydrogen) atoms. The Morgan fingerprint density at radius 1 is 1.33 bits per heavy atom. The average molecular weight is 300 g/mol. The van der Waals surface area contributed by atoms with Crippen molar-refractivity contribution in [3.63, 3.8) is 0 Å². The SMILES string of the molecule is Cc1ccc(CNC(=O)c2cnn(C)c2-n2cccc2)s1. The summed E-state index contributed by atoms with van der Waals surface area (Å²) in [5.41, 5.74) is 0.571. The average Bonchev–Trinajstić information content (AvgIpc) is 3.16. The van der Waals surface area contributed by atoms with E-state index in [9.17, 15) is 4.79 Å². The molecule has 0 spiro atoms. The van der Waals surface area contributed by atoms with Gasteiger partial charge < -0.3 is 9.88 Å². The van der Waals surface area contributed by atoms with Crippen molar-refractivity contribution < 1.29 is 4.79 Å². The lowest BCUT2D eigenvalue weighted by atomic mass is 10.3. The molecule has 3 aromatic heterocycles. The molecule has 0 saturated carbocycles. The Kier molecular flexibility index (Phi) is 3.62. The highest BCUT2D eigenvalue weighted by Crippen LogP contribution is 2.16. The maximum atomic E-state index is 12.4. The van der Waals surface area contributed by atoms with Crippen molar-refractivity contribution in [1.82, 2.24) is 19.7 Å². The van der Waals surface area contributed by atoms with Crippen molar-refractivity contribution in [2.45, 2.75) is 13.5 Å². The van der Waals surface area contributed by atoms with Gasteiger partial charge in [0.25, 0.3) is 5.91 Å². The van der Waals surface area contributed by atoms with E-state index in [1.165, 1.54) is 4.88 Å². The third-order valence-corrected chi connectivity index (χ3v) is 4.22. The number of carbonyl (C=O) groups is 1. The predicted molar refractivity (Wildman–Crippen MR) is 82.8 cm³/mol. The summed E-state index contributed by atoms with van der Waals surface area (Å²) < 4.78 is 3.58. The Morgan fingerprint density at radius 2 is 2.10 bits per heavy atom. The van der Waals surface area contributed by atoms with Crippen LogP contribution in [0.5, 0.6) is 0 Å². The lowest BCUT2D eigenvalue weighted by molar-refractivity contribution is 0.0951. The molecule has 0 aliphatic carbocycles. The molecule has 3 aromatic rings. The maximum Gasteiger partial charge on any atom is 0.256 e. The number of thiophene rings is 1. The summed E-state index contributed by atoms with van der Waals surface area (Å²) >= 11 is 1.69. The first kappa shape index (κ1) is 13.6. The topological polar surface area (TPSA) is 51.9 Å². The van der Waals surface area contributed by atoms with Gasteiger partial charge in [-0.15, -0.1) is 11.3 Å². The summed E-state index contributed by atoms with van der Waals surface area (Å²) in [6.45, 7) is 2.60. The van der Waals surface area contributed by atoms with Crippen LogP contribution in [0.4, 0.5) is 0 Å². The van der Waals surface area contributed by atoms with Gasteiger partial charge in [0, 0.05) is 29.2 Å². The zero-order valence-electron chi connectivity index (χ0n) is 11.9. The molecule has 0 aliphatic heterocycles. The number of aryl methyl sites for hydroxylation is 2. The van der Waals surface area contributed by atoms with E-state index >= 15 is 0 Å². The highest BCUT2D eigenvalue weighted by Gasteiger charge is 2.17. The molecule has 0 fully saturated rings. The van der Waals surface area contributed by atoms with Gasteiger partial charge in [-0.05, 0) is 31.2 Å². The summed E-state index contributed by atoms with van der Waals surface area (Å²) in [7, 11) is 1.83. The highest BCUT2D eigenvalue weighted by atomic mass is 32.1. The normalized spacial score (nSPS) is 10.8. The second kappa shape index (κ2) is 5.57. The molecule has 0 saturated heterocycles. The molecule has 0 atom stereocenters. The van der Waals surface area contributed by atoms with E-state index in [0.717, 1.165) is 10.7 Å². The summed E-state index contributed by atoms with van der Waals surface area (Å²) in [4.78, 5) is 14.8. The summed E-state index contributed by atoms with van der Waals surface area (Å²) in [6.07, 6.45) is 5.40. The van der Waals surface area contributed by atoms with Gasteiger partial charge in [0.05, 0.1) is 12.7 Å². The maximum absolute atomic E-state index is 12.4. The van der Waals surface area contributed by atoms with E-state index in [1.54, 1.807) is 22.2 Å². The number of rotatable bonds is 4. The molecular weight excluding hydrogens is 284 g/mol. The van der Waals surface area contributed by atoms with E-state index in [-0.39, 0.29) is 5.91 Å². The smallest absolute Gasteiger partial charge is 0.256 e. The van der Waals surface area contributed by atoms with Crippen LogP contribution in [-0.2, 0) is 13.6 Å². The molecule has 6 heteroatoms. The first-order chi connectivity index (χ1) is 10.1. The van der Waals surface area contributed by atoms with Crippen LogP contribution in [0.15, 0.2) is 42.9 Å². The van der Waals surface area contributed by atoms with Crippen LogP contribution in [0.1, 0.15) is 20.1 Å². The zero-order chi connectivity index (χ0) is 14.8. The Balaban J connectivity index is 1.79. The fourth-order valence-electron chi connectivity index (χ4n) is 2.22. The van der Waals surface area contributed by atoms with Gasteiger partial charge in [0.2, 0.25) is 0 Å². The van der Waals surface area contributed by atoms with Crippen LogP contribution >= 0.6 is 11.3 Å². The van der Waals surface area contributed by atoms with Crippen LogP contribution in [0, 0.1) is 6.92 Å². The zero-order valence-corrected chi connectivity index (χ0v) is 12.7. The van der Waals surface area contributed by atoms with E-state index in [1.807, 2.05) is 42.2 Å². The van der Waals surface area contributed by atoms with Gasteiger partial charge in [0.1, 0.15) is 11.4 Å². The molecule has 3 rings (SSSR count). The van der Waals surface area contributed by atoms with Crippen molar-refractivity contribution in [3.8, 4) is 5.82 Å². The number of nitrogens with one attached hydrogen (secondary N) is 1. The largest absolute Gasteiger partial charge is 0.347 e. The fraction of sp³-hybridized carbons (Fsp3) is 0.200. The predicted octanol–water partition coefficient (Wildman–Crippen LogP) is 2.51. The third kappa shape index (κ3) is 2.75. The van der Waals surface area contributed by atoms with Crippen molar-refractivity contribution in [1.29, 1.82) is 0 Å². The Labute approximate surface area is 126 Å². The minimum Gasteiger partial charge on any atom is -0.347 e. The van der Waals surface area contributed by atoms with Gasteiger partial charge in [0.15, 0.2) is 0 Å². The van der Waals surface area contributed by atoms with Crippen LogP contribution in [0.25, 0.3) is 5.82 Å². The number of carbonyl (C=O) groups excluding carboxylic acids is 1. The van der Waals surface area contributed by atoms with Crippen molar-refractivity contribution in [2.75, 3.05) is 0 Å². The minimum absolute atomic E-state index is 0.113. The fourth-order valence-corrected chi connectivity index (χ4v) is 3.05. The molecule has 0 bridgehead atoms. The van der Waals surface area contributed by atoms with Crippen molar-refractivity contribution in [2.24, 2.45) is 7.05 Å². The third-order valence-electron chi connectivity index (χ3n) is 3.22. The summed E-state index contributed by atoms with van der Waals surface area (Å²) in [5, 5.41) is 7.14. The molecule has 0 aliphatic rings. The molecule has 5 nitrogen and oxygen atoms in total. The number of hydrogen-bond donors (Lipinski definition) is 1. The number of amides is 1. The van der Waals surface area contributed by atoms with Gasteiger partial charge in [-0.1, -0.05) is 0 Å². The number of nitrogens with zero attached hydrogens (tertiary/aromatic N) is 3. The van der Waals surface area contributed by atoms with Gasteiger partial charge in [-0.3, -0.25) is 9.48 Å². The standard InChI is InChI=1S/C15H16N4OS/c1-11-5-6-12(21-11)9-16-14(20)13-10-17-18(2)15(13)19-7-3-4-8-19/h3-8,10H,9H2,1-2H3,(H,16,20). The van der Waals surface area contributed by atoms with Crippen LogP contribution in [0.2, 0.25) is 0 Å². The van der Waals surface area contributed by atoms with Crippen molar-refractivity contribution in [3.05, 3.63) is 58.2 Å². The molecule has 108 valence electrons. The van der Waals surface area contributed by atoms with Crippen LogP contribution in [0.3, 0.4) is 0 Å². The van der Waals surface area contributed by atoms with Gasteiger partial charge >= 0.3 is 0 Å². The van der Waals surface area contributed by atoms with E-state index in [2.05, 4.69) is 23.4 Å². The number of aromatic nitrogens is 3. The molecule has 3 heterocycles. The quantitative estimate of drug-likeness (QED) is 0.805. The van der Waals surface area contributed by atoms with E-state index in [4.69, 9.17) is 0 Å². The van der Waals surface area contributed by atoms with E-state index < -0.39 is 0 Å². The molecule has 1 N–H and O–H groups in total. The Bertz CT molecular complexity index is 755. The van der Waals surface area contributed by atoms with E-state index in [0.29, 0.717) is 12.1 Å². The first-order valence-corrected chi connectivity index (χ1v) is 7.45. The summed E-state index contributed by atoms with van der Waals surface area (Å²) in [6, 6.07) is 7.93. The van der Waals surface area contributed by atoms with Crippen molar-refractivity contribution >= 4 is 17.2 Å². The molecular formula is C15H16N4OS. The Hall–Kier alpha value is -2.34. The lowest BCUT2D eigenvalue weighted by Gasteiger charge is -2.07. The first-order valence-electron chi connectivity index (χ1n) is 6.64. The Morgan fingerprint density at radius 3 is 2.76 bits per heavy atom. The minimum atomic E-state index is -0.113.